The van der Waals surface area contributed by atoms with Crippen LogP contribution in [0.1, 0.15) is 35.2 Å². The average molecular weight is 338 g/mol. The standard InChI is InChI=1S/C21H26N2O2/c24-21(18-8-2-1-3-9-18)23-13-14-25-20-11-6-7-17(16-20)15-19-10-4-5-12-22-19/h1-3,6-9,11,16,19,22H,4-5,10,12-15H2,(H,23,24). The van der Waals surface area contributed by atoms with Crippen LogP contribution in [-0.4, -0.2) is 31.6 Å². The highest BCUT2D eigenvalue weighted by Crippen LogP contribution is 2.17. The van der Waals surface area contributed by atoms with E-state index in [0.717, 1.165) is 18.7 Å². The summed E-state index contributed by atoms with van der Waals surface area (Å²) in [5, 5.41) is 6.45. The zero-order chi connectivity index (χ0) is 17.3. The highest BCUT2D eigenvalue weighted by atomic mass is 16.5. The number of amides is 1. The Kier molecular flexibility index (Phi) is 6.46. The van der Waals surface area contributed by atoms with Crippen LogP contribution in [0, 0.1) is 0 Å². The average Bonchev–Trinajstić information content (AvgIpc) is 2.67. The SMILES string of the molecule is O=C(NCCOc1cccc(CC2CCCCN2)c1)c1ccccc1. The lowest BCUT2D eigenvalue weighted by atomic mass is 9.98. The third kappa shape index (κ3) is 5.61. The van der Waals surface area contributed by atoms with Gasteiger partial charge in [0.25, 0.3) is 5.91 Å². The van der Waals surface area contributed by atoms with E-state index >= 15 is 0 Å². The minimum absolute atomic E-state index is 0.0682. The van der Waals surface area contributed by atoms with Gasteiger partial charge in [0.15, 0.2) is 0 Å². The van der Waals surface area contributed by atoms with Crippen molar-refractivity contribution in [2.45, 2.75) is 31.7 Å². The Balaban J connectivity index is 1.42. The van der Waals surface area contributed by atoms with Crippen LogP contribution >= 0.6 is 0 Å². The summed E-state index contributed by atoms with van der Waals surface area (Å²) in [5.41, 5.74) is 1.97. The fraction of sp³-hybridized carbons (Fsp3) is 0.381. The lowest BCUT2D eigenvalue weighted by Gasteiger charge is -2.23. The van der Waals surface area contributed by atoms with Crippen molar-refractivity contribution in [3.05, 3.63) is 65.7 Å². The first-order chi connectivity index (χ1) is 12.3. The van der Waals surface area contributed by atoms with E-state index in [1.807, 2.05) is 30.3 Å². The van der Waals surface area contributed by atoms with E-state index in [9.17, 15) is 4.79 Å². The molecule has 4 nitrogen and oxygen atoms in total. The van der Waals surface area contributed by atoms with Gasteiger partial charge >= 0.3 is 0 Å². The predicted molar refractivity (Wildman–Crippen MR) is 100 cm³/mol. The Hall–Kier alpha value is -2.33. The molecule has 0 aromatic heterocycles. The van der Waals surface area contributed by atoms with E-state index in [0.29, 0.717) is 24.8 Å². The Labute approximate surface area is 149 Å². The highest BCUT2D eigenvalue weighted by Gasteiger charge is 2.13. The Morgan fingerprint density at radius 3 is 2.80 bits per heavy atom. The van der Waals surface area contributed by atoms with Crippen molar-refractivity contribution in [1.29, 1.82) is 0 Å². The third-order valence-corrected chi connectivity index (χ3v) is 4.49. The molecular formula is C21H26N2O2. The number of rotatable bonds is 7. The summed E-state index contributed by atoms with van der Waals surface area (Å²) >= 11 is 0. The first-order valence-electron chi connectivity index (χ1n) is 9.09. The number of carbonyl (C=O) groups is 1. The van der Waals surface area contributed by atoms with Gasteiger partial charge in [-0.05, 0) is 55.6 Å². The summed E-state index contributed by atoms with van der Waals surface area (Å²) in [6.07, 6.45) is 4.89. The molecule has 1 aliphatic heterocycles. The van der Waals surface area contributed by atoms with Crippen LogP contribution in [0.2, 0.25) is 0 Å². The van der Waals surface area contributed by atoms with Gasteiger partial charge in [-0.3, -0.25) is 4.79 Å². The van der Waals surface area contributed by atoms with Gasteiger partial charge in [-0.25, -0.2) is 0 Å². The lowest BCUT2D eigenvalue weighted by molar-refractivity contribution is 0.0947. The van der Waals surface area contributed by atoms with Crippen molar-refractivity contribution in [3.8, 4) is 5.75 Å². The second-order valence-corrected chi connectivity index (χ2v) is 6.47. The molecule has 1 saturated heterocycles. The molecule has 0 bridgehead atoms. The second-order valence-electron chi connectivity index (χ2n) is 6.47. The van der Waals surface area contributed by atoms with Crippen molar-refractivity contribution in [2.75, 3.05) is 19.7 Å². The summed E-state index contributed by atoms with van der Waals surface area (Å²) in [6.45, 7) is 2.08. The smallest absolute Gasteiger partial charge is 0.251 e. The monoisotopic (exact) mass is 338 g/mol. The molecule has 0 spiro atoms. The maximum atomic E-state index is 12.0. The van der Waals surface area contributed by atoms with Crippen LogP contribution in [0.15, 0.2) is 54.6 Å². The number of hydrogen-bond acceptors (Lipinski definition) is 3. The molecular weight excluding hydrogens is 312 g/mol. The van der Waals surface area contributed by atoms with Crippen molar-refractivity contribution in [2.24, 2.45) is 0 Å². The van der Waals surface area contributed by atoms with Crippen molar-refractivity contribution in [1.82, 2.24) is 10.6 Å². The van der Waals surface area contributed by atoms with E-state index < -0.39 is 0 Å². The molecule has 1 aliphatic rings. The molecule has 1 fully saturated rings. The summed E-state index contributed by atoms with van der Waals surface area (Å²) < 4.78 is 5.79. The van der Waals surface area contributed by atoms with Gasteiger partial charge in [0.2, 0.25) is 0 Å². The van der Waals surface area contributed by atoms with E-state index in [4.69, 9.17) is 4.74 Å². The molecule has 2 aromatic rings. The minimum Gasteiger partial charge on any atom is -0.492 e. The molecule has 0 aliphatic carbocycles. The zero-order valence-corrected chi connectivity index (χ0v) is 14.5. The maximum absolute atomic E-state index is 12.0. The summed E-state index contributed by atoms with van der Waals surface area (Å²) in [4.78, 5) is 12.0. The summed E-state index contributed by atoms with van der Waals surface area (Å²) in [7, 11) is 0. The van der Waals surface area contributed by atoms with Crippen LogP contribution in [0.5, 0.6) is 5.75 Å². The largest absolute Gasteiger partial charge is 0.492 e. The number of hydrogen-bond donors (Lipinski definition) is 2. The first kappa shape index (κ1) is 17.5. The van der Waals surface area contributed by atoms with Gasteiger partial charge in [-0.15, -0.1) is 0 Å². The molecule has 1 unspecified atom stereocenters. The second kappa shape index (κ2) is 9.23. The van der Waals surface area contributed by atoms with Crippen molar-refractivity contribution in [3.63, 3.8) is 0 Å². The van der Waals surface area contributed by atoms with Crippen LogP contribution < -0.4 is 15.4 Å². The fourth-order valence-corrected chi connectivity index (χ4v) is 3.17. The normalized spacial score (nSPS) is 17.0. The number of nitrogens with one attached hydrogen (secondary N) is 2. The summed E-state index contributed by atoms with van der Waals surface area (Å²) in [5.74, 6) is 0.795. The van der Waals surface area contributed by atoms with E-state index in [2.05, 4.69) is 22.8 Å². The van der Waals surface area contributed by atoms with Crippen molar-refractivity contribution < 1.29 is 9.53 Å². The van der Waals surface area contributed by atoms with Gasteiger partial charge in [-0.2, -0.15) is 0 Å². The van der Waals surface area contributed by atoms with Gasteiger partial charge < -0.3 is 15.4 Å². The Morgan fingerprint density at radius 2 is 2.00 bits per heavy atom. The molecule has 0 radical (unpaired) electrons. The van der Waals surface area contributed by atoms with E-state index in [-0.39, 0.29) is 5.91 Å². The molecule has 2 aromatic carbocycles. The Morgan fingerprint density at radius 1 is 1.12 bits per heavy atom. The van der Waals surface area contributed by atoms with Gasteiger partial charge in [0.05, 0.1) is 6.54 Å². The van der Waals surface area contributed by atoms with Gasteiger partial charge in [0.1, 0.15) is 12.4 Å². The highest BCUT2D eigenvalue weighted by molar-refractivity contribution is 5.94. The number of ether oxygens (including phenoxy) is 1. The number of piperidine rings is 1. The zero-order valence-electron chi connectivity index (χ0n) is 14.5. The van der Waals surface area contributed by atoms with E-state index in [1.165, 1.54) is 24.8 Å². The molecule has 25 heavy (non-hydrogen) atoms. The quantitative estimate of drug-likeness (QED) is 0.763. The van der Waals surface area contributed by atoms with Crippen LogP contribution in [-0.2, 0) is 6.42 Å². The summed E-state index contributed by atoms with van der Waals surface area (Å²) in [6, 6.07) is 18.1. The first-order valence-corrected chi connectivity index (χ1v) is 9.09. The van der Waals surface area contributed by atoms with E-state index in [1.54, 1.807) is 12.1 Å². The number of carbonyl (C=O) groups excluding carboxylic acids is 1. The van der Waals surface area contributed by atoms with Gasteiger partial charge in [-0.1, -0.05) is 36.8 Å². The molecule has 1 heterocycles. The minimum atomic E-state index is -0.0682. The molecule has 4 heteroatoms. The van der Waals surface area contributed by atoms with Crippen LogP contribution in [0.4, 0.5) is 0 Å². The topological polar surface area (TPSA) is 50.4 Å². The predicted octanol–water partition coefficient (Wildman–Crippen LogP) is 3.18. The number of benzene rings is 2. The maximum Gasteiger partial charge on any atom is 0.251 e. The fourth-order valence-electron chi connectivity index (χ4n) is 3.17. The molecule has 2 N–H and O–H groups in total. The van der Waals surface area contributed by atoms with Crippen LogP contribution in [0.3, 0.4) is 0 Å². The third-order valence-electron chi connectivity index (χ3n) is 4.49. The lowest BCUT2D eigenvalue weighted by Crippen LogP contribution is -2.35. The molecule has 132 valence electrons. The molecule has 0 saturated carbocycles. The molecule has 1 amide bonds. The van der Waals surface area contributed by atoms with Gasteiger partial charge in [0, 0.05) is 11.6 Å². The Bertz CT molecular complexity index is 667. The molecule has 1 atom stereocenters. The van der Waals surface area contributed by atoms with Crippen LogP contribution in [0.25, 0.3) is 0 Å². The van der Waals surface area contributed by atoms with Crippen molar-refractivity contribution >= 4 is 5.91 Å². The molecule has 3 rings (SSSR count).